The number of amides is 1. The summed E-state index contributed by atoms with van der Waals surface area (Å²) in [5.41, 5.74) is 2.77. The third-order valence-corrected chi connectivity index (χ3v) is 2.99. The van der Waals surface area contributed by atoms with Crippen molar-refractivity contribution in [1.29, 1.82) is 0 Å². The lowest BCUT2D eigenvalue weighted by atomic mass is 10.1. The summed E-state index contributed by atoms with van der Waals surface area (Å²) < 4.78 is 0.990. The third-order valence-electron chi connectivity index (χ3n) is 2.54. The Bertz CT molecular complexity index is 583. The Kier molecular flexibility index (Phi) is 3.47. The van der Waals surface area contributed by atoms with Gasteiger partial charge in [0.1, 0.15) is 5.82 Å². The first-order valence-electron chi connectivity index (χ1n) is 5.44. The minimum Gasteiger partial charge on any atom is -0.319 e. The van der Waals surface area contributed by atoms with Gasteiger partial charge in [0.25, 0.3) is 5.91 Å². The molecule has 0 unspecified atom stereocenters. The molecule has 2 aromatic rings. The molecule has 18 heavy (non-hydrogen) atoms. The number of benzene rings is 1. The van der Waals surface area contributed by atoms with Crippen molar-refractivity contribution < 1.29 is 4.79 Å². The number of aromatic nitrogens is 3. The van der Waals surface area contributed by atoms with Crippen molar-refractivity contribution in [1.82, 2.24) is 15.2 Å². The molecule has 1 amide bonds. The molecule has 6 heteroatoms. The molecule has 0 saturated heterocycles. The number of aryl methyl sites for hydroxylation is 3. The lowest BCUT2D eigenvalue weighted by Crippen LogP contribution is -2.15. The number of hydrogen-bond acceptors (Lipinski definition) is 3. The second kappa shape index (κ2) is 4.89. The van der Waals surface area contributed by atoms with Crippen LogP contribution in [0.25, 0.3) is 0 Å². The second-order valence-corrected chi connectivity index (χ2v) is 5.03. The first-order chi connectivity index (χ1) is 8.47. The molecule has 0 fully saturated rings. The number of carbonyl (C=O) groups is 1. The predicted octanol–water partition coefficient (Wildman–Crippen LogP) is 2.74. The van der Waals surface area contributed by atoms with Crippen LogP contribution in [0.1, 0.15) is 27.6 Å². The molecule has 0 aliphatic carbocycles. The van der Waals surface area contributed by atoms with Gasteiger partial charge in [-0.1, -0.05) is 15.9 Å². The van der Waals surface area contributed by atoms with Gasteiger partial charge in [-0.25, -0.2) is 4.98 Å². The van der Waals surface area contributed by atoms with E-state index in [9.17, 15) is 4.79 Å². The van der Waals surface area contributed by atoms with Crippen LogP contribution in [0, 0.1) is 20.8 Å². The Labute approximate surface area is 113 Å². The summed E-state index contributed by atoms with van der Waals surface area (Å²) in [6.45, 7) is 5.63. The Morgan fingerprint density at radius 1 is 1.28 bits per heavy atom. The van der Waals surface area contributed by atoms with Crippen LogP contribution in [0.5, 0.6) is 0 Å². The normalized spacial score (nSPS) is 10.4. The van der Waals surface area contributed by atoms with Crippen LogP contribution < -0.4 is 5.32 Å². The molecule has 1 aromatic carbocycles. The largest absolute Gasteiger partial charge is 0.319 e. The van der Waals surface area contributed by atoms with E-state index in [2.05, 4.69) is 36.4 Å². The van der Waals surface area contributed by atoms with E-state index in [1.165, 1.54) is 0 Å². The van der Waals surface area contributed by atoms with Crippen molar-refractivity contribution in [2.75, 3.05) is 5.32 Å². The van der Waals surface area contributed by atoms with Crippen molar-refractivity contribution in [3.05, 3.63) is 39.4 Å². The number of hydrogen-bond donors (Lipinski definition) is 2. The van der Waals surface area contributed by atoms with Gasteiger partial charge in [-0.3, -0.25) is 9.89 Å². The summed E-state index contributed by atoms with van der Waals surface area (Å²) in [5, 5.41) is 9.31. The van der Waals surface area contributed by atoms with E-state index in [-0.39, 0.29) is 11.7 Å². The highest BCUT2D eigenvalue weighted by molar-refractivity contribution is 9.10. The molecule has 0 spiro atoms. The Morgan fingerprint density at radius 3 is 2.39 bits per heavy atom. The van der Waals surface area contributed by atoms with Gasteiger partial charge in [0, 0.05) is 10.2 Å². The van der Waals surface area contributed by atoms with Crippen LogP contribution in [0.4, 0.5) is 5.69 Å². The average Bonchev–Trinajstić information content (AvgIpc) is 2.70. The van der Waals surface area contributed by atoms with Gasteiger partial charge < -0.3 is 5.32 Å². The molecule has 0 radical (unpaired) electrons. The van der Waals surface area contributed by atoms with E-state index in [1.54, 1.807) is 6.92 Å². The molecular formula is C12H13BrN4O. The molecule has 2 rings (SSSR count). The quantitative estimate of drug-likeness (QED) is 0.896. The van der Waals surface area contributed by atoms with Crippen molar-refractivity contribution in [2.24, 2.45) is 0 Å². The van der Waals surface area contributed by atoms with E-state index < -0.39 is 0 Å². The summed E-state index contributed by atoms with van der Waals surface area (Å²) in [6.07, 6.45) is 0. The van der Waals surface area contributed by atoms with Crippen molar-refractivity contribution in [3.8, 4) is 0 Å². The third kappa shape index (κ3) is 2.59. The molecule has 5 nitrogen and oxygen atoms in total. The highest BCUT2D eigenvalue weighted by Crippen LogP contribution is 2.25. The van der Waals surface area contributed by atoms with Crippen LogP contribution in [0.2, 0.25) is 0 Å². The molecule has 0 atom stereocenters. The van der Waals surface area contributed by atoms with Crippen LogP contribution >= 0.6 is 15.9 Å². The Balaban J connectivity index is 2.27. The summed E-state index contributed by atoms with van der Waals surface area (Å²) in [5.74, 6) is 0.450. The lowest BCUT2D eigenvalue weighted by Gasteiger charge is -2.10. The Hall–Kier alpha value is -1.69. The van der Waals surface area contributed by atoms with Gasteiger partial charge >= 0.3 is 0 Å². The maximum Gasteiger partial charge on any atom is 0.295 e. The smallest absolute Gasteiger partial charge is 0.295 e. The number of H-pyrrole nitrogens is 1. The minimum atomic E-state index is -0.312. The van der Waals surface area contributed by atoms with E-state index >= 15 is 0 Å². The fraction of sp³-hybridized carbons (Fsp3) is 0.250. The molecule has 0 saturated carbocycles. The van der Waals surface area contributed by atoms with Gasteiger partial charge in [0.2, 0.25) is 5.82 Å². The maximum atomic E-state index is 11.9. The molecule has 1 aromatic heterocycles. The lowest BCUT2D eigenvalue weighted by molar-refractivity contribution is 0.101. The van der Waals surface area contributed by atoms with Crippen molar-refractivity contribution >= 4 is 27.5 Å². The van der Waals surface area contributed by atoms with Gasteiger partial charge in [-0.2, -0.15) is 0 Å². The second-order valence-electron chi connectivity index (χ2n) is 4.11. The maximum absolute atomic E-state index is 11.9. The molecule has 1 heterocycles. The summed E-state index contributed by atoms with van der Waals surface area (Å²) in [6, 6.07) is 3.90. The van der Waals surface area contributed by atoms with Crippen molar-refractivity contribution in [3.63, 3.8) is 0 Å². The standard InChI is InChI=1S/C12H13BrN4O/c1-6-4-9(13)5-7(2)10(6)15-12(18)11-14-8(3)16-17-11/h4-5H,1-3H3,(H,15,18)(H,14,16,17). The summed E-state index contributed by atoms with van der Waals surface area (Å²) in [7, 11) is 0. The number of anilines is 1. The first kappa shape index (κ1) is 12.8. The van der Waals surface area contributed by atoms with Crippen LogP contribution in [0.3, 0.4) is 0 Å². The predicted molar refractivity (Wildman–Crippen MR) is 72.7 cm³/mol. The van der Waals surface area contributed by atoms with Crippen molar-refractivity contribution in [2.45, 2.75) is 20.8 Å². The fourth-order valence-corrected chi connectivity index (χ4v) is 2.41. The number of rotatable bonds is 2. The fourth-order valence-electron chi connectivity index (χ4n) is 1.72. The Morgan fingerprint density at radius 2 is 1.89 bits per heavy atom. The average molecular weight is 309 g/mol. The minimum absolute atomic E-state index is 0.147. The molecular weight excluding hydrogens is 296 g/mol. The van der Waals surface area contributed by atoms with Gasteiger partial charge in [0.15, 0.2) is 0 Å². The SMILES string of the molecule is Cc1nc(C(=O)Nc2c(C)cc(Br)cc2C)n[nH]1. The summed E-state index contributed by atoms with van der Waals surface area (Å²) >= 11 is 3.42. The van der Waals surface area contributed by atoms with Gasteiger partial charge in [0.05, 0.1) is 0 Å². The van der Waals surface area contributed by atoms with Gasteiger partial charge in [-0.05, 0) is 44.0 Å². The van der Waals surface area contributed by atoms with E-state index in [4.69, 9.17) is 0 Å². The molecule has 2 N–H and O–H groups in total. The van der Waals surface area contributed by atoms with Crippen LogP contribution in [-0.2, 0) is 0 Å². The molecule has 0 aliphatic heterocycles. The van der Waals surface area contributed by atoms with Crippen LogP contribution in [0.15, 0.2) is 16.6 Å². The van der Waals surface area contributed by atoms with Crippen LogP contribution in [-0.4, -0.2) is 21.1 Å². The molecule has 94 valence electrons. The number of nitrogens with one attached hydrogen (secondary N) is 2. The molecule has 0 aliphatic rings. The van der Waals surface area contributed by atoms with Gasteiger partial charge in [-0.15, -0.1) is 5.10 Å². The number of nitrogens with zero attached hydrogens (tertiary/aromatic N) is 2. The molecule has 0 bridgehead atoms. The summed E-state index contributed by atoms with van der Waals surface area (Å²) in [4.78, 5) is 15.9. The highest BCUT2D eigenvalue weighted by atomic mass is 79.9. The topological polar surface area (TPSA) is 70.7 Å². The monoisotopic (exact) mass is 308 g/mol. The zero-order valence-electron chi connectivity index (χ0n) is 10.3. The highest BCUT2D eigenvalue weighted by Gasteiger charge is 2.14. The van der Waals surface area contributed by atoms with E-state index in [0.29, 0.717) is 5.82 Å². The number of carbonyl (C=O) groups excluding carboxylic acids is 1. The zero-order valence-corrected chi connectivity index (χ0v) is 11.9. The van der Waals surface area contributed by atoms with E-state index in [1.807, 2.05) is 26.0 Å². The zero-order chi connectivity index (χ0) is 13.3. The number of halogens is 1. The van der Waals surface area contributed by atoms with E-state index in [0.717, 1.165) is 21.3 Å². The first-order valence-corrected chi connectivity index (χ1v) is 6.24. The number of aromatic amines is 1.